The van der Waals surface area contributed by atoms with Gasteiger partial charge < -0.3 is 20.1 Å². The highest BCUT2D eigenvalue weighted by atomic mass is 32.1. The summed E-state index contributed by atoms with van der Waals surface area (Å²) in [6.45, 7) is 1.97. The fourth-order valence-corrected chi connectivity index (χ4v) is 7.87. The van der Waals surface area contributed by atoms with E-state index in [1.807, 2.05) is 17.0 Å². The number of hydrogen-bond donors (Lipinski definition) is 1. The number of benzene rings is 1. The second-order valence-corrected chi connectivity index (χ2v) is 10.8. The molecular formula is C28H27N5O3S. The minimum absolute atomic E-state index is 0.00924. The Labute approximate surface area is 219 Å². The third kappa shape index (κ3) is 3.27. The molecule has 7 rings (SSSR count). The van der Waals surface area contributed by atoms with Crippen LogP contribution in [0.4, 0.5) is 10.0 Å². The quantitative estimate of drug-likeness (QED) is 0.629. The number of carbonyl (C=O) groups is 1. The minimum atomic E-state index is -0.672. The normalized spacial score (nSPS) is 21.0. The van der Waals surface area contributed by atoms with E-state index in [2.05, 4.69) is 17.0 Å². The third-order valence-electron chi connectivity index (χ3n) is 8.07. The number of nitrogens with zero attached hydrogens (tertiary/aromatic N) is 4. The van der Waals surface area contributed by atoms with Crippen molar-refractivity contribution < 1.29 is 14.3 Å². The fraction of sp³-hybridized carbons (Fsp3) is 0.393. The van der Waals surface area contributed by atoms with Gasteiger partial charge in [0.25, 0.3) is 0 Å². The van der Waals surface area contributed by atoms with Gasteiger partial charge in [-0.15, -0.1) is 0 Å². The maximum Gasteiger partial charge on any atom is 0.164 e. The first-order valence-corrected chi connectivity index (χ1v) is 13.3. The molecule has 5 heterocycles. The van der Waals surface area contributed by atoms with Gasteiger partial charge in [0.2, 0.25) is 0 Å². The Morgan fingerprint density at radius 2 is 1.86 bits per heavy atom. The van der Waals surface area contributed by atoms with E-state index in [1.165, 1.54) is 0 Å². The lowest BCUT2D eigenvalue weighted by Gasteiger charge is -2.39. The van der Waals surface area contributed by atoms with Crippen molar-refractivity contribution in [3.05, 3.63) is 57.6 Å². The van der Waals surface area contributed by atoms with Crippen LogP contribution in [0.15, 0.2) is 40.9 Å². The first kappa shape index (κ1) is 23.4. The van der Waals surface area contributed by atoms with Crippen molar-refractivity contribution in [2.24, 2.45) is 5.73 Å². The highest BCUT2D eigenvalue weighted by Crippen LogP contribution is 2.56. The molecule has 37 heavy (non-hydrogen) atoms. The zero-order chi connectivity index (χ0) is 25.8. The van der Waals surface area contributed by atoms with Gasteiger partial charge in [0.05, 0.1) is 42.3 Å². The molecule has 2 aromatic rings. The van der Waals surface area contributed by atoms with Crippen LogP contribution in [-0.4, -0.2) is 33.1 Å². The smallest absolute Gasteiger partial charge is 0.164 e. The van der Waals surface area contributed by atoms with Crippen LogP contribution in [0.25, 0.3) is 0 Å². The number of allylic oxidation sites excluding steroid dienone is 3. The van der Waals surface area contributed by atoms with Crippen molar-refractivity contribution in [2.45, 2.75) is 43.9 Å². The molecule has 1 fully saturated rings. The molecule has 4 aliphatic heterocycles. The van der Waals surface area contributed by atoms with Crippen molar-refractivity contribution in [1.29, 1.82) is 10.5 Å². The Hall–Kier alpha value is -3.95. The van der Waals surface area contributed by atoms with Crippen LogP contribution in [0.2, 0.25) is 0 Å². The molecule has 0 unspecified atom stereocenters. The molecule has 8 nitrogen and oxygen atoms in total. The maximum absolute atomic E-state index is 13.6. The molecule has 1 saturated heterocycles. The Morgan fingerprint density at radius 1 is 1.08 bits per heavy atom. The monoisotopic (exact) mass is 513 g/mol. The number of piperidine rings is 1. The predicted octanol–water partition coefficient (Wildman–Crippen LogP) is 4.64. The second-order valence-electron chi connectivity index (χ2n) is 9.77. The van der Waals surface area contributed by atoms with E-state index in [1.54, 1.807) is 31.6 Å². The number of hydrogen-bond acceptors (Lipinski definition) is 9. The van der Waals surface area contributed by atoms with Crippen LogP contribution < -0.4 is 25.0 Å². The van der Waals surface area contributed by atoms with Crippen LogP contribution in [-0.2, 0) is 4.79 Å². The number of methoxy groups -OCH3 is 2. The SMILES string of the molecule is COc1cccc([C@@H]2C(C#N)=C(N)N(c3sc4c(c3C#N)C3CCN4CC3)C3=C2C(=O)CCC3)c1OC. The molecular weight excluding hydrogens is 486 g/mol. The Kier molecular flexibility index (Phi) is 5.62. The summed E-state index contributed by atoms with van der Waals surface area (Å²) in [5.41, 5.74) is 10.8. The average molecular weight is 514 g/mol. The van der Waals surface area contributed by atoms with Gasteiger partial charge in [-0.1, -0.05) is 23.5 Å². The third-order valence-corrected chi connectivity index (χ3v) is 9.32. The molecule has 0 spiro atoms. The number of thiophene rings is 1. The Balaban J connectivity index is 1.61. The summed E-state index contributed by atoms with van der Waals surface area (Å²) < 4.78 is 11.2. The molecule has 2 N–H and O–H groups in total. The summed E-state index contributed by atoms with van der Waals surface area (Å²) in [6.07, 6.45) is 3.79. The van der Waals surface area contributed by atoms with Crippen molar-refractivity contribution in [3.63, 3.8) is 0 Å². The van der Waals surface area contributed by atoms with E-state index in [0.29, 0.717) is 53.4 Å². The molecule has 188 valence electrons. The van der Waals surface area contributed by atoms with Gasteiger partial charge in [-0.3, -0.25) is 9.69 Å². The van der Waals surface area contributed by atoms with E-state index in [0.717, 1.165) is 47.2 Å². The summed E-state index contributed by atoms with van der Waals surface area (Å²) in [5.74, 6) is 0.941. The van der Waals surface area contributed by atoms with Crippen molar-refractivity contribution >= 4 is 27.1 Å². The van der Waals surface area contributed by atoms with Crippen molar-refractivity contribution in [3.8, 4) is 23.6 Å². The lowest BCUT2D eigenvalue weighted by Crippen LogP contribution is -2.39. The van der Waals surface area contributed by atoms with Gasteiger partial charge in [0.1, 0.15) is 16.9 Å². The molecule has 1 aliphatic carbocycles. The van der Waals surface area contributed by atoms with Crippen LogP contribution in [0.3, 0.4) is 0 Å². The number of carbonyl (C=O) groups excluding carboxylic acids is 1. The summed E-state index contributed by atoms with van der Waals surface area (Å²) in [5, 5.41) is 22.6. The average Bonchev–Trinajstić information content (AvgIpc) is 3.34. The lowest BCUT2D eigenvalue weighted by atomic mass is 9.75. The van der Waals surface area contributed by atoms with Crippen LogP contribution >= 0.6 is 11.3 Å². The van der Waals surface area contributed by atoms with Gasteiger partial charge >= 0.3 is 0 Å². The first-order valence-electron chi connectivity index (χ1n) is 12.5. The molecule has 0 radical (unpaired) electrons. The number of anilines is 2. The van der Waals surface area contributed by atoms with Gasteiger partial charge in [-0.05, 0) is 37.7 Å². The fourth-order valence-electron chi connectivity index (χ4n) is 6.44. The standard InChI is InChI=1S/C28H27N5O3S/c1-35-21-8-3-5-16(25(21)36-2)23-17(13-29)26(31)33(19-6-4-7-20(34)24(19)23)27-18(14-30)22-15-9-11-32(12-10-15)28(22)37-27/h3,5,8,15,23H,4,6-7,9-12,31H2,1-2H3/t23-/m1/s1. The van der Waals surface area contributed by atoms with E-state index in [4.69, 9.17) is 15.2 Å². The van der Waals surface area contributed by atoms with Gasteiger partial charge in [-0.25, -0.2) is 0 Å². The van der Waals surface area contributed by atoms with Crippen LogP contribution in [0, 0.1) is 22.7 Å². The van der Waals surface area contributed by atoms with Gasteiger partial charge in [0.15, 0.2) is 17.3 Å². The Bertz CT molecular complexity index is 1470. The van der Waals surface area contributed by atoms with Gasteiger partial charge in [-0.2, -0.15) is 10.5 Å². The van der Waals surface area contributed by atoms with Gasteiger partial charge in [0, 0.05) is 41.9 Å². The van der Waals surface area contributed by atoms with E-state index >= 15 is 0 Å². The number of ether oxygens (including phenoxy) is 2. The first-order chi connectivity index (χ1) is 18.0. The number of para-hydroxylation sites is 1. The topological polar surface area (TPSA) is 116 Å². The number of nitriles is 2. The highest BCUT2D eigenvalue weighted by Gasteiger charge is 2.44. The molecule has 1 aromatic carbocycles. The van der Waals surface area contributed by atoms with Crippen LogP contribution in [0.5, 0.6) is 11.5 Å². The number of Topliss-reactive ketones (excluding diaryl/α,β-unsaturated/α-hetero) is 1. The van der Waals surface area contributed by atoms with Crippen molar-refractivity contribution in [1.82, 2.24) is 0 Å². The molecule has 1 atom stereocenters. The molecule has 1 aromatic heterocycles. The molecule has 0 saturated carbocycles. The summed E-state index contributed by atoms with van der Waals surface area (Å²) in [7, 11) is 3.10. The second kappa shape index (κ2) is 8.86. The predicted molar refractivity (Wildman–Crippen MR) is 141 cm³/mol. The zero-order valence-electron chi connectivity index (χ0n) is 20.8. The van der Waals surface area contributed by atoms with E-state index in [9.17, 15) is 15.3 Å². The molecule has 2 bridgehead atoms. The maximum atomic E-state index is 13.6. The molecule has 0 amide bonds. The highest BCUT2D eigenvalue weighted by molar-refractivity contribution is 7.20. The number of ketones is 1. The number of nitrogens with two attached hydrogens (primary N) is 1. The molecule has 9 heteroatoms. The Morgan fingerprint density at radius 3 is 2.54 bits per heavy atom. The number of fused-ring (bicyclic) bond motifs is 2. The van der Waals surface area contributed by atoms with Crippen molar-refractivity contribution in [2.75, 3.05) is 37.1 Å². The minimum Gasteiger partial charge on any atom is -0.493 e. The van der Waals surface area contributed by atoms with E-state index < -0.39 is 5.92 Å². The largest absolute Gasteiger partial charge is 0.493 e. The van der Waals surface area contributed by atoms with Crippen LogP contribution in [0.1, 0.15) is 60.6 Å². The summed E-state index contributed by atoms with van der Waals surface area (Å²) in [4.78, 5) is 17.8. The lowest BCUT2D eigenvalue weighted by molar-refractivity contribution is -0.116. The number of rotatable bonds is 4. The zero-order valence-corrected chi connectivity index (χ0v) is 21.7. The van der Waals surface area contributed by atoms with E-state index in [-0.39, 0.29) is 17.2 Å². The molecule has 5 aliphatic rings. The summed E-state index contributed by atoms with van der Waals surface area (Å²) in [6, 6.07) is 10.2. The summed E-state index contributed by atoms with van der Waals surface area (Å²) >= 11 is 1.56.